The highest BCUT2D eigenvalue weighted by atomic mass is 16.3. The lowest BCUT2D eigenvalue weighted by atomic mass is 9.85. The molecule has 1 unspecified atom stereocenters. The van der Waals surface area contributed by atoms with E-state index < -0.39 is 5.60 Å². The first kappa shape index (κ1) is 9.72. The van der Waals surface area contributed by atoms with Gasteiger partial charge in [0.2, 0.25) is 0 Å². The minimum absolute atomic E-state index is 0.504. The molecule has 0 aliphatic heterocycles. The van der Waals surface area contributed by atoms with Crippen molar-refractivity contribution in [3.63, 3.8) is 0 Å². The van der Waals surface area contributed by atoms with Crippen LogP contribution in [0.4, 0.5) is 0 Å². The fraction of sp³-hybridized carbons (Fsp3) is 0.538. The van der Waals surface area contributed by atoms with E-state index in [1.54, 1.807) is 0 Å². The number of aliphatic hydroxyl groups is 1. The number of hydrogen-bond donors (Lipinski definition) is 1. The van der Waals surface area contributed by atoms with E-state index in [0.29, 0.717) is 5.92 Å². The van der Waals surface area contributed by atoms with Crippen molar-refractivity contribution in [1.82, 2.24) is 0 Å². The first-order valence-corrected chi connectivity index (χ1v) is 5.55. The third-order valence-corrected chi connectivity index (χ3v) is 3.16. The first-order valence-electron chi connectivity index (χ1n) is 5.55. The Morgan fingerprint density at radius 3 is 2.43 bits per heavy atom. The summed E-state index contributed by atoms with van der Waals surface area (Å²) in [5, 5.41) is 10.6. The van der Waals surface area contributed by atoms with Crippen LogP contribution in [0.25, 0.3) is 0 Å². The first-order chi connectivity index (χ1) is 6.77. The topological polar surface area (TPSA) is 20.2 Å². The summed E-state index contributed by atoms with van der Waals surface area (Å²) < 4.78 is 0. The van der Waals surface area contributed by atoms with Gasteiger partial charge in [-0.05, 0) is 30.7 Å². The minimum atomic E-state index is -0.546. The molecule has 1 N–H and O–H groups in total. The molecule has 1 aromatic rings. The minimum Gasteiger partial charge on any atom is -0.385 e. The van der Waals surface area contributed by atoms with E-state index in [2.05, 4.69) is 6.92 Å². The fourth-order valence-corrected chi connectivity index (χ4v) is 2.25. The van der Waals surface area contributed by atoms with E-state index in [-0.39, 0.29) is 0 Å². The Bertz CT molecular complexity index is 289. The number of hydrogen-bond acceptors (Lipinski definition) is 1. The molecule has 1 aliphatic carbocycles. The third-order valence-electron chi connectivity index (χ3n) is 3.16. The van der Waals surface area contributed by atoms with Gasteiger partial charge in [-0.3, -0.25) is 0 Å². The Hall–Kier alpha value is -0.820. The summed E-state index contributed by atoms with van der Waals surface area (Å²) >= 11 is 0. The molecule has 1 heteroatoms. The molecular weight excluding hydrogens is 172 g/mol. The Morgan fingerprint density at radius 2 is 1.93 bits per heavy atom. The smallest absolute Gasteiger partial charge is 0.0924 e. The zero-order chi connectivity index (χ0) is 10.0. The Kier molecular flexibility index (Phi) is 2.60. The molecule has 0 heterocycles. The van der Waals surface area contributed by atoms with Gasteiger partial charge in [-0.2, -0.15) is 0 Å². The van der Waals surface area contributed by atoms with E-state index in [0.717, 1.165) is 18.4 Å². The molecule has 14 heavy (non-hydrogen) atoms. The zero-order valence-electron chi connectivity index (χ0n) is 8.74. The molecule has 1 aromatic carbocycles. The molecule has 0 spiro atoms. The quantitative estimate of drug-likeness (QED) is 0.773. The van der Waals surface area contributed by atoms with Gasteiger partial charge in [0.15, 0.2) is 0 Å². The fourth-order valence-electron chi connectivity index (χ4n) is 2.25. The van der Waals surface area contributed by atoms with Gasteiger partial charge in [0.05, 0.1) is 5.60 Å². The highest BCUT2D eigenvalue weighted by Gasteiger charge is 2.43. The molecule has 0 aromatic heterocycles. The van der Waals surface area contributed by atoms with Crippen LogP contribution in [0.15, 0.2) is 30.3 Å². The lowest BCUT2D eigenvalue weighted by molar-refractivity contribution is 0.00339. The van der Waals surface area contributed by atoms with Crippen molar-refractivity contribution in [2.75, 3.05) is 0 Å². The van der Waals surface area contributed by atoms with Crippen molar-refractivity contribution in [3.8, 4) is 0 Å². The lowest BCUT2D eigenvalue weighted by Gasteiger charge is -2.28. The van der Waals surface area contributed by atoms with Crippen LogP contribution in [-0.2, 0) is 5.60 Å². The van der Waals surface area contributed by atoms with Crippen molar-refractivity contribution in [3.05, 3.63) is 35.9 Å². The molecule has 1 saturated carbocycles. The van der Waals surface area contributed by atoms with Crippen LogP contribution < -0.4 is 0 Å². The maximum absolute atomic E-state index is 10.6. The summed E-state index contributed by atoms with van der Waals surface area (Å²) in [5.74, 6) is 0.504. The van der Waals surface area contributed by atoms with Crippen molar-refractivity contribution >= 4 is 0 Å². The van der Waals surface area contributed by atoms with Gasteiger partial charge in [-0.15, -0.1) is 0 Å². The van der Waals surface area contributed by atoms with E-state index >= 15 is 0 Å². The van der Waals surface area contributed by atoms with Crippen LogP contribution in [0.5, 0.6) is 0 Å². The molecule has 0 radical (unpaired) electrons. The van der Waals surface area contributed by atoms with Crippen molar-refractivity contribution in [1.29, 1.82) is 0 Å². The molecule has 0 bridgehead atoms. The monoisotopic (exact) mass is 190 g/mol. The zero-order valence-corrected chi connectivity index (χ0v) is 8.74. The van der Waals surface area contributed by atoms with Gasteiger partial charge < -0.3 is 5.11 Å². The van der Waals surface area contributed by atoms with Crippen LogP contribution in [0.2, 0.25) is 0 Å². The lowest BCUT2D eigenvalue weighted by Crippen LogP contribution is -2.27. The van der Waals surface area contributed by atoms with Crippen molar-refractivity contribution < 1.29 is 5.11 Å². The molecule has 1 nitrogen and oxygen atoms in total. The average Bonchev–Trinajstić information content (AvgIpc) is 3.03. The summed E-state index contributed by atoms with van der Waals surface area (Å²) in [6.07, 6.45) is 4.31. The second-order valence-electron chi connectivity index (χ2n) is 4.31. The van der Waals surface area contributed by atoms with Crippen molar-refractivity contribution in [2.45, 2.75) is 38.2 Å². The van der Waals surface area contributed by atoms with Gasteiger partial charge in [0.25, 0.3) is 0 Å². The Balaban J connectivity index is 2.26. The second kappa shape index (κ2) is 3.74. The maximum Gasteiger partial charge on any atom is 0.0924 e. The molecule has 2 rings (SSSR count). The van der Waals surface area contributed by atoms with Crippen LogP contribution in [0, 0.1) is 5.92 Å². The summed E-state index contributed by atoms with van der Waals surface area (Å²) in [6, 6.07) is 10.1. The molecule has 1 aliphatic rings. The predicted molar refractivity (Wildman–Crippen MR) is 58.0 cm³/mol. The SMILES string of the molecule is CCCC(O)(c1ccccc1)C1CC1. The third kappa shape index (κ3) is 1.69. The summed E-state index contributed by atoms with van der Waals surface area (Å²) in [6.45, 7) is 2.14. The van der Waals surface area contributed by atoms with E-state index in [9.17, 15) is 5.11 Å². The normalized spacial score (nSPS) is 20.4. The van der Waals surface area contributed by atoms with Crippen LogP contribution in [0.1, 0.15) is 38.2 Å². The standard InChI is InChI=1S/C13H18O/c1-2-10-13(14,12-8-9-12)11-6-4-3-5-7-11/h3-7,12,14H,2,8-10H2,1H3. The van der Waals surface area contributed by atoms with Gasteiger partial charge >= 0.3 is 0 Å². The van der Waals surface area contributed by atoms with E-state index in [4.69, 9.17) is 0 Å². The second-order valence-corrected chi connectivity index (χ2v) is 4.31. The maximum atomic E-state index is 10.6. The van der Waals surface area contributed by atoms with Gasteiger partial charge in [-0.1, -0.05) is 43.7 Å². The van der Waals surface area contributed by atoms with Crippen LogP contribution in [0.3, 0.4) is 0 Å². The Labute approximate surface area is 85.8 Å². The van der Waals surface area contributed by atoms with E-state index in [1.807, 2.05) is 30.3 Å². The summed E-state index contributed by atoms with van der Waals surface area (Å²) in [4.78, 5) is 0. The largest absolute Gasteiger partial charge is 0.385 e. The van der Waals surface area contributed by atoms with Crippen LogP contribution in [-0.4, -0.2) is 5.11 Å². The van der Waals surface area contributed by atoms with Crippen molar-refractivity contribution in [2.24, 2.45) is 5.92 Å². The summed E-state index contributed by atoms with van der Waals surface area (Å²) in [7, 11) is 0. The average molecular weight is 190 g/mol. The number of rotatable bonds is 4. The molecule has 1 atom stereocenters. The molecule has 0 amide bonds. The summed E-state index contributed by atoms with van der Waals surface area (Å²) in [5.41, 5.74) is 0.556. The van der Waals surface area contributed by atoms with Gasteiger partial charge in [-0.25, -0.2) is 0 Å². The highest BCUT2D eigenvalue weighted by molar-refractivity contribution is 5.24. The van der Waals surface area contributed by atoms with Gasteiger partial charge in [0, 0.05) is 0 Å². The Morgan fingerprint density at radius 1 is 1.29 bits per heavy atom. The molecular formula is C13H18O. The van der Waals surface area contributed by atoms with Crippen LogP contribution >= 0.6 is 0 Å². The number of benzene rings is 1. The molecule has 0 saturated heterocycles. The van der Waals surface area contributed by atoms with Gasteiger partial charge in [0.1, 0.15) is 0 Å². The van der Waals surface area contributed by atoms with E-state index in [1.165, 1.54) is 12.8 Å². The highest BCUT2D eigenvalue weighted by Crippen LogP contribution is 2.48. The molecule has 76 valence electrons. The molecule has 1 fully saturated rings. The predicted octanol–water partition coefficient (Wildman–Crippen LogP) is 3.08.